The van der Waals surface area contributed by atoms with Gasteiger partial charge in [-0.25, -0.2) is 4.79 Å². The molecule has 0 fully saturated rings. The van der Waals surface area contributed by atoms with Crippen LogP contribution in [-0.4, -0.2) is 13.2 Å². The van der Waals surface area contributed by atoms with Crippen LogP contribution in [0.25, 0.3) is 0 Å². The van der Waals surface area contributed by atoms with Gasteiger partial charge < -0.3 is 10.1 Å². The molecule has 0 unspecified atom stereocenters. The molecule has 0 saturated heterocycles. The van der Waals surface area contributed by atoms with E-state index in [0.717, 1.165) is 25.3 Å². The van der Waals surface area contributed by atoms with E-state index in [1.54, 1.807) is 0 Å². The minimum absolute atomic E-state index is 0.130. The minimum Gasteiger partial charge on any atom is -0.453 e. The SMILES string of the molecule is COC(=O)NCc1cc(C(F)(F)F)ccc1Cl. The maximum absolute atomic E-state index is 12.4. The maximum Gasteiger partial charge on any atom is 0.416 e. The first-order valence-corrected chi connectivity index (χ1v) is 4.90. The average molecular weight is 268 g/mol. The molecule has 1 N–H and O–H groups in total. The van der Waals surface area contributed by atoms with E-state index < -0.39 is 17.8 Å². The molecule has 0 aliphatic carbocycles. The Bertz CT molecular complexity index is 421. The number of carbonyl (C=O) groups excluding carboxylic acids is 1. The zero-order chi connectivity index (χ0) is 13.1. The molecule has 94 valence electrons. The molecule has 0 heterocycles. The van der Waals surface area contributed by atoms with Crippen LogP contribution in [0.5, 0.6) is 0 Å². The van der Waals surface area contributed by atoms with Gasteiger partial charge in [0, 0.05) is 11.6 Å². The van der Waals surface area contributed by atoms with E-state index in [1.807, 2.05) is 0 Å². The number of hydrogen-bond acceptors (Lipinski definition) is 2. The minimum atomic E-state index is -4.44. The van der Waals surface area contributed by atoms with Gasteiger partial charge >= 0.3 is 12.3 Å². The zero-order valence-corrected chi connectivity index (χ0v) is 9.52. The molecular formula is C10H9ClF3NO2. The summed E-state index contributed by atoms with van der Waals surface area (Å²) in [6.45, 7) is -0.130. The van der Waals surface area contributed by atoms with Crippen molar-refractivity contribution in [3.05, 3.63) is 34.3 Å². The number of alkyl carbamates (subject to hydrolysis) is 1. The molecule has 1 aromatic carbocycles. The van der Waals surface area contributed by atoms with Crippen LogP contribution < -0.4 is 5.32 Å². The van der Waals surface area contributed by atoms with E-state index in [2.05, 4.69) is 10.1 Å². The number of alkyl halides is 3. The van der Waals surface area contributed by atoms with Crippen LogP contribution in [0.1, 0.15) is 11.1 Å². The number of rotatable bonds is 2. The van der Waals surface area contributed by atoms with Crippen molar-refractivity contribution in [1.29, 1.82) is 0 Å². The van der Waals surface area contributed by atoms with Gasteiger partial charge in [0.2, 0.25) is 0 Å². The topological polar surface area (TPSA) is 38.3 Å². The van der Waals surface area contributed by atoms with Gasteiger partial charge in [-0.15, -0.1) is 0 Å². The molecule has 0 atom stereocenters. The Morgan fingerprint density at radius 3 is 2.65 bits per heavy atom. The van der Waals surface area contributed by atoms with Gasteiger partial charge in [-0.1, -0.05) is 11.6 Å². The Morgan fingerprint density at radius 2 is 2.12 bits per heavy atom. The van der Waals surface area contributed by atoms with Crippen molar-refractivity contribution in [3.63, 3.8) is 0 Å². The van der Waals surface area contributed by atoms with E-state index in [0.29, 0.717) is 0 Å². The van der Waals surface area contributed by atoms with E-state index in [9.17, 15) is 18.0 Å². The first-order chi connectivity index (χ1) is 7.84. The molecule has 0 aromatic heterocycles. The first kappa shape index (κ1) is 13.6. The molecule has 0 bridgehead atoms. The first-order valence-electron chi connectivity index (χ1n) is 4.52. The fraction of sp³-hybridized carbons (Fsp3) is 0.300. The molecular weight excluding hydrogens is 259 g/mol. The van der Waals surface area contributed by atoms with Crippen LogP contribution in [0.15, 0.2) is 18.2 Å². The van der Waals surface area contributed by atoms with Crippen molar-refractivity contribution in [3.8, 4) is 0 Å². The summed E-state index contributed by atoms with van der Waals surface area (Å²) in [5, 5.41) is 2.40. The standard InChI is InChI=1S/C10H9ClF3NO2/c1-17-9(16)15-5-6-4-7(10(12,13)14)2-3-8(6)11/h2-4H,5H2,1H3,(H,15,16). The third-order valence-electron chi connectivity index (χ3n) is 1.98. The Morgan fingerprint density at radius 1 is 1.47 bits per heavy atom. The predicted octanol–water partition coefficient (Wildman–Crippen LogP) is 3.21. The van der Waals surface area contributed by atoms with E-state index in [-0.39, 0.29) is 17.1 Å². The molecule has 17 heavy (non-hydrogen) atoms. The summed E-state index contributed by atoms with van der Waals surface area (Å²) < 4.78 is 41.5. The third-order valence-corrected chi connectivity index (χ3v) is 2.35. The summed E-state index contributed by atoms with van der Waals surface area (Å²) in [6.07, 6.45) is -5.18. The molecule has 3 nitrogen and oxygen atoms in total. The maximum atomic E-state index is 12.4. The van der Waals surface area contributed by atoms with Crippen LogP contribution >= 0.6 is 11.6 Å². The van der Waals surface area contributed by atoms with Gasteiger partial charge in [0.15, 0.2) is 0 Å². The monoisotopic (exact) mass is 267 g/mol. The highest BCUT2D eigenvalue weighted by molar-refractivity contribution is 6.31. The fourth-order valence-corrected chi connectivity index (χ4v) is 1.31. The second kappa shape index (κ2) is 5.27. The van der Waals surface area contributed by atoms with Crippen molar-refractivity contribution in [1.82, 2.24) is 5.32 Å². The van der Waals surface area contributed by atoms with Crippen molar-refractivity contribution in [2.45, 2.75) is 12.7 Å². The molecule has 7 heteroatoms. The largest absolute Gasteiger partial charge is 0.453 e. The van der Waals surface area contributed by atoms with Crippen LogP contribution in [0, 0.1) is 0 Å². The van der Waals surface area contributed by atoms with Gasteiger partial charge in [0.05, 0.1) is 12.7 Å². The van der Waals surface area contributed by atoms with Crippen molar-refractivity contribution in [2.24, 2.45) is 0 Å². The lowest BCUT2D eigenvalue weighted by Gasteiger charge is -2.10. The van der Waals surface area contributed by atoms with Crippen LogP contribution in [-0.2, 0) is 17.5 Å². The molecule has 1 amide bonds. The van der Waals surface area contributed by atoms with Crippen LogP contribution in [0.4, 0.5) is 18.0 Å². The summed E-state index contributed by atoms with van der Waals surface area (Å²) in [7, 11) is 1.16. The predicted molar refractivity (Wildman–Crippen MR) is 55.7 cm³/mol. The number of amides is 1. The number of benzene rings is 1. The lowest BCUT2D eigenvalue weighted by Crippen LogP contribution is -2.22. The second-order valence-electron chi connectivity index (χ2n) is 3.15. The Hall–Kier alpha value is -1.43. The summed E-state index contributed by atoms with van der Waals surface area (Å²) in [5.74, 6) is 0. The molecule has 0 radical (unpaired) electrons. The molecule has 1 aromatic rings. The van der Waals surface area contributed by atoms with Crippen molar-refractivity contribution >= 4 is 17.7 Å². The molecule has 0 aliphatic heterocycles. The Labute approximate surface area is 101 Å². The van der Waals surface area contributed by atoms with Crippen LogP contribution in [0.2, 0.25) is 5.02 Å². The molecule has 0 saturated carbocycles. The Kier molecular flexibility index (Phi) is 4.22. The number of carbonyl (C=O) groups is 1. The van der Waals surface area contributed by atoms with Gasteiger partial charge in [-0.2, -0.15) is 13.2 Å². The normalized spacial score (nSPS) is 11.1. The van der Waals surface area contributed by atoms with Gasteiger partial charge in [-0.3, -0.25) is 0 Å². The summed E-state index contributed by atoms with van der Waals surface area (Å²) in [6, 6.07) is 2.90. The summed E-state index contributed by atoms with van der Waals surface area (Å²) >= 11 is 5.71. The molecule has 0 spiro atoms. The Balaban J connectivity index is 2.88. The fourth-order valence-electron chi connectivity index (χ4n) is 1.13. The molecule has 1 rings (SSSR count). The van der Waals surface area contributed by atoms with Gasteiger partial charge in [-0.05, 0) is 23.8 Å². The van der Waals surface area contributed by atoms with Crippen LogP contribution in [0.3, 0.4) is 0 Å². The van der Waals surface area contributed by atoms with Crippen molar-refractivity contribution in [2.75, 3.05) is 7.11 Å². The summed E-state index contributed by atoms with van der Waals surface area (Å²) in [5.41, 5.74) is -0.643. The number of hydrogen-bond donors (Lipinski definition) is 1. The van der Waals surface area contributed by atoms with E-state index in [1.165, 1.54) is 0 Å². The number of ether oxygens (including phenoxy) is 1. The second-order valence-corrected chi connectivity index (χ2v) is 3.56. The lowest BCUT2D eigenvalue weighted by atomic mass is 10.1. The van der Waals surface area contributed by atoms with Gasteiger partial charge in [0.1, 0.15) is 0 Å². The highest BCUT2D eigenvalue weighted by Gasteiger charge is 2.30. The number of halogens is 4. The summed E-state index contributed by atoms with van der Waals surface area (Å²) in [4.78, 5) is 10.8. The zero-order valence-electron chi connectivity index (χ0n) is 8.77. The highest BCUT2D eigenvalue weighted by Crippen LogP contribution is 2.31. The van der Waals surface area contributed by atoms with E-state index >= 15 is 0 Å². The van der Waals surface area contributed by atoms with E-state index in [4.69, 9.17) is 11.6 Å². The smallest absolute Gasteiger partial charge is 0.416 e. The van der Waals surface area contributed by atoms with Crippen molar-refractivity contribution < 1.29 is 22.7 Å². The number of nitrogens with one attached hydrogen (secondary N) is 1. The van der Waals surface area contributed by atoms with Gasteiger partial charge in [0.25, 0.3) is 0 Å². The highest BCUT2D eigenvalue weighted by atomic mass is 35.5. The average Bonchev–Trinajstić information content (AvgIpc) is 2.26. The number of methoxy groups -OCH3 is 1. The lowest BCUT2D eigenvalue weighted by molar-refractivity contribution is -0.137. The quantitative estimate of drug-likeness (QED) is 0.893. The molecule has 0 aliphatic rings. The third kappa shape index (κ3) is 3.81.